The zero-order valence-corrected chi connectivity index (χ0v) is 12.7. The van der Waals surface area contributed by atoms with Crippen molar-refractivity contribution < 1.29 is 19.8 Å². The van der Waals surface area contributed by atoms with Crippen molar-refractivity contribution in [1.82, 2.24) is 0 Å². The SMILES string of the molecule is C=CC(=O)O.CCCCC(C=CC(=O)O)=Cc1ccccc1. The summed E-state index contributed by atoms with van der Waals surface area (Å²) in [5.74, 6) is -1.88. The zero-order chi connectivity index (χ0) is 16.8. The van der Waals surface area contributed by atoms with Crippen LogP contribution in [0.25, 0.3) is 6.08 Å². The summed E-state index contributed by atoms with van der Waals surface area (Å²) in [5, 5.41) is 16.2. The van der Waals surface area contributed by atoms with E-state index >= 15 is 0 Å². The van der Waals surface area contributed by atoms with Gasteiger partial charge in [0.05, 0.1) is 0 Å². The highest BCUT2D eigenvalue weighted by Crippen LogP contribution is 2.14. The number of unbranched alkanes of at least 4 members (excludes halogenated alkanes) is 1. The Hall–Kier alpha value is -2.62. The third-order valence-electron chi connectivity index (χ3n) is 2.59. The van der Waals surface area contributed by atoms with Crippen LogP contribution in [0.15, 0.2) is 60.7 Å². The van der Waals surface area contributed by atoms with Gasteiger partial charge in [0, 0.05) is 12.2 Å². The molecule has 0 amide bonds. The van der Waals surface area contributed by atoms with E-state index in [0.29, 0.717) is 0 Å². The van der Waals surface area contributed by atoms with Gasteiger partial charge in [0.25, 0.3) is 0 Å². The fourth-order valence-electron chi connectivity index (χ4n) is 1.53. The van der Waals surface area contributed by atoms with Crippen molar-refractivity contribution in [1.29, 1.82) is 0 Å². The van der Waals surface area contributed by atoms with Crippen LogP contribution in [0.4, 0.5) is 0 Å². The Morgan fingerprint density at radius 1 is 1.09 bits per heavy atom. The van der Waals surface area contributed by atoms with Crippen LogP contribution in [0.1, 0.15) is 31.7 Å². The number of carboxylic acids is 2. The smallest absolute Gasteiger partial charge is 0.328 e. The van der Waals surface area contributed by atoms with E-state index in [1.165, 1.54) is 6.08 Å². The molecule has 0 saturated heterocycles. The average molecular weight is 302 g/mol. The second-order valence-electron chi connectivity index (χ2n) is 4.45. The van der Waals surface area contributed by atoms with Crippen molar-refractivity contribution in [2.24, 2.45) is 0 Å². The molecule has 1 aromatic rings. The van der Waals surface area contributed by atoms with E-state index in [0.717, 1.165) is 36.5 Å². The lowest BCUT2D eigenvalue weighted by Gasteiger charge is -2.01. The normalized spacial score (nSPS) is 10.7. The molecule has 0 spiro atoms. The Kier molecular flexibility index (Phi) is 10.7. The first-order valence-electron chi connectivity index (χ1n) is 7.01. The van der Waals surface area contributed by atoms with E-state index in [2.05, 4.69) is 13.5 Å². The van der Waals surface area contributed by atoms with E-state index in [-0.39, 0.29) is 0 Å². The van der Waals surface area contributed by atoms with E-state index in [1.807, 2.05) is 36.4 Å². The van der Waals surface area contributed by atoms with Gasteiger partial charge in [0.15, 0.2) is 0 Å². The molecule has 1 aromatic carbocycles. The van der Waals surface area contributed by atoms with Crippen LogP contribution in [0.5, 0.6) is 0 Å². The maximum absolute atomic E-state index is 10.5. The molecule has 0 saturated carbocycles. The summed E-state index contributed by atoms with van der Waals surface area (Å²) < 4.78 is 0. The summed E-state index contributed by atoms with van der Waals surface area (Å²) >= 11 is 0. The van der Waals surface area contributed by atoms with Gasteiger partial charge < -0.3 is 10.2 Å². The van der Waals surface area contributed by atoms with Crippen LogP contribution < -0.4 is 0 Å². The average Bonchev–Trinajstić information content (AvgIpc) is 2.51. The Bertz CT molecular complexity index is 527. The summed E-state index contributed by atoms with van der Waals surface area (Å²) in [6, 6.07) is 9.95. The van der Waals surface area contributed by atoms with Gasteiger partial charge in [0.1, 0.15) is 0 Å². The van der Waals surface area contributed by atoms with Crippen molar-refractivity contribution >= 4 is 18.0 Å². The summed E-state index contributed by atoms with van der Waals surface area (Å²) in [6.45, 7) is 5.09. The number of allylic oxidation sites excluding steroid dienone is 2. The Balaban J connectivity index is 0.000000763. The lowest BCUT2D eigenvalue weighted by Crippen LogP contribution is -1.88. The lowest BCUT2D eigenvalue weighted by atomic mass is 10.0. The fraction of sp³-hybridized carbons (Fsp3) is 0.222. The third-order valence-corrected chi connectivity index (χ3v) is 2.59. The molecule has 0 aliphatic heterocycles. The van der Waals surface area contributed by atoms with Crippen molar-refractivity contribution in [3.8, 4) is 0 Å². The van der Waals surface area contributed by atoms with Gasteiger partial charge in [-0.25, -0.2) is 9.59 Å². The number of carbonyl (C=O) groups is 2. The van der Waals surface area contributed by atoms with Crippen molar-refractivity contribution in [3.63, 3.8) is 0 Å². The molecular weight excluding hydrogens is 280 g/mol. The molecule has 0 radical (unpaired) electrons. The number of hydrogen-bond acceptors (Lipinski definition) is 2. The van der Waals surface area contributed by atoms with E-state index in [9.17, 15) is 9.59 Å². The molecule has 0 heterocycles. The summed E-state index contributed by atoms with van der Waals surface area (Å²) in [6.07, 6.45) is 8.84. The van der Waals surface area contributed by atoms with E-state index in [4.69, 9.17) is 10.2 Å². The topological polar surface area (TPSA) is 74.6 Å². The molecule has 0 aliphatic rings. The largest absolute Gasteiger partial charge is 0.478 e. The van der Waals surface area contributed by atoms with Crippen molar-refractivity contribution in [2.75, 3.05) is 0 Å². The first kappa shape index (κ1) is 19.4. The van der Waals surface area contributed by atoms with Crippen LogP contribution in [0.2, 0.25) is 0 Å². The molecule has 4 nitrogen and oxygen atoms in total. The van der Waals surface area contributed by atoms with Gasteiger partial charge >= 0.3 is 11.9 Å². The maximum Gasteiger partial charge on any atom is 0.328 e. The number of hydrogen-bond donors (Lipinski definition) is 2. The minimum absolute atomic E-state index is 0.833. The van der Waals surface area contributed by atoms with Gasteiger partial charge in [-0.15, -0.1) is 0 Å². The molecule has 118 valence electrons. The molecule has 1 rings (SSSR count). The Morgan fingerprint density at radius 2 is 1.68 bits per heavy atom. The van der Waals surface area contributed by atoms with Crippen LogP contribution in [-0.4, -0.2) is 22.2 Å². The number of benzene rings is 1. The van der Waals surface area contributed by atoms with E-state index in [1.54, 1.807) is 6.08 Å². The molecule has 0 aromatic heterocycles. The van der Waals surface area contributed by atoms with Gasteiger partial charge in [-0.05, 0) is 24.0 Å². The van der Waals surface area contributed by atoms with Crippen molar-refractivity contribution in [3.05, 3.63) is 66.3 Å². The molecule has 0 aliphatic carbocycles. The van der Waals surface area contributed by atoms with Gasteiger partial charge in [-0.2, -0.15) is 0 Å². The first-order valence-corrected chi connectivity index (χ1v) is 7.01. The predicted molar refractivity (Wildman–Crippen MR) is 88.6 cm³/mol. The highest BCUT2D eigenvalue weighted by molar-refractivity contribution is 5.80. The van der Waals surface area contributed by atoms with Crippen molar-refractivity contribution in [2.45, 2.75) is 26.2 Å². The van der Waals surface area contributed by atoms with Crippen LogP contribution in [0.3, 0.4) is 0 Å². The molecule has 0 bridgehead atoms. The second kappa shape index (κ2) is 12.1. The molecule has 4 heteroatoms. The maximum atomic E-state index is 10.5. The standard InChI is InChI=1S/C15H18O2.C3H4O2/c1-2-3-7-14(10-11-15(16)17)12-13-8-5-4-6-9-13;1-2-3(4)5/h4-6,8-12H,2-3,7H2,1H3,(H,16,17);2H,1H2,(H,4,5). The minimum Gasteiger partial charge on any atom is -0.478 e. The molecular formula is C18H22O4. The summed E-state index contributed by atoms with van der Waals surface area (Å²) in [5.41, 5.74) is 2.16. The molecule has 0 unspecified atom stereocenters. The minimum atomic E-state index is -0.981. The molecule has 22 heavy (non-hydrogen) atoms. The highest BCUT2D eigenvalue weighted by atomic mass is 16.4. The Morgan fingerprint density at radius 3 is 2.14 bits per heavy atom. The summed E-state index contributed by atoms with van der Waals surface area (Å²) in [4.78, 5) is 19.8. The van der Waals surface area contributed by atoms with Gasteiger partial charge in [0.2, 0.25) is 0 Å². The van der Waals surface area contributed by atoms with Crippen LogP contribution in [-0.2, 0) is 9.59 Å². The van der Waals surface area contributed by atoms with Crippen LogP contribution in [0, 0.1) is 0 Å². The predicted octanol–water partition coefficient (Wildman–Crippen LogP) is 4.16. The number of aliphatic carboxylic acids is 2. The van der Waals surface area contributed by atoms with Gasteiger partial charge in [-0.1, -0.05) is 62.4 Å². The Labute approximate surface area is 131 Å². The van der Waals surface area contributed by atoms with Gasteiger partial charge in [-0.3, -0.25) is 0 Å². The summed E-state index contributed by atoms with van der Waals surface area (Å²) in [7, 11) is 0. The first-order chi connectivity index (χ1) is 10.5. The second-order valence-corrected chi connectivity index (χ2v) is 4.45. The van der Waals surface area contributed by atoms with Crippen LogP contribution >= 0.6 is 0 Å². The molecule has 0 atom stereocenters. The number of carboxylic acid groups (broad SMARTS) is 2. The zero-order valence-electron chi connectivity index (χ0n) is 12.7. The van der Waals surface area contributed by atoms with E-state index < -0.39 is 11.9 Å². The molecule has 2 N–H and O–H groups in total. The third kappa shape index (κ3) is 11.2. The highest BCUT2D eigenvalue weighted by Gasteiger charge is 1.95. The number of rotatable bonds is 7. The molecule has 0 fully saturated rings. The monoisotopic (exact) mass is 302 g/mol. The quantitative estimate of drug-likeness (QED) is 0.586. The fourth-order valence-corrected chi connectivity index (χ4v) is 1.53. The lowest BCUT2D eigenvalue weighted by molar-refractivity contribution is -0.132.